The van der Waals surface area contributed by atoms with Gasteiger partial charge in [-0.25, -0.2) is 8.42 Å². The molecule has 0 spiro atoms. The normalized spacial score (nSPS) is 11.0. The summed E-state index contributed by atoms with van der Waals surface area (Å²) in [6.45, 7) is 0. The van der Waals surface area contributed by atoms with E-state index in [2.05, 4.69) is 10.0 Å². The summed E-state index contributed by atoms with van der Waals surface area (Å²) in [7, 11) is -2.11. The van der Waals surface area contributed by atoms with Gasteiger partial charge in [-0.1, -0.05) is 29.8 Å². The predicted molar refractivity (Wildman–Crippen MR) is 121 cm³/mol. The van der Waals surface area contributed by atoms with Gasteiger partial charge in [-0.05, 0) is 54.6 Å². The van der Waals surface area contributed by atoms with Gasteiger partial charge in [0.15, 0.2) is 0 Å². The fraction of sp³-hybridized carbons (Fsp3) is 0.0952. The zero-order valence-corrected chi connectivity index (χ0v) is 18.4. The minimum Gasteiger partial charge on any atom is -0.495 e. The molecule has 0 aliphatic heterocycles. The molecule has 0 fully saturated rings. The molecule has 0 unspecified atom stereocenters. The summed E-state index contributed by atoms with van der Waals surface area (Å²) in [5.74, 6) is 0.542. The van der Waals surface area contributed by atoms with Gasteiger partial charge in [0.05, 0.1) is 22.8 Å². The van der Waals surface area contributed by atoms with E-state index in [0.29, 0.717) is 22.1 Å². The molecule has 0 atom stereocenters. The summed E-state index contributed by atoms with van der Waals surface area (Å²) in [5, 5.41) is 3.19. The van der Waals surface area contributed by atoms with Crippen LogP contribution in [-0.4, -0.2) is 27.2 Å². The van der Waals surface area contributed by atoms with E-state index in [1.807, 2.05) is 0 Å². The van der Waals surface area contributed by atoms with E-state index in [1.165, 1.54) is 31.0 Å². The molecule has 0 heterocycles. The highest BCUT2D eigenvalue weighted by molar-refractivity contribution is 8.00. The number of carbonyl (C=O) groups excluding carboxylic acids is 1. The molecule has 0 bridgehead atoms. The largest absolute Gasteiger partial charge is 0.495 e. The molecule has 156 valence electrons. The molecule has 0 radical (unpaired) electrons. The van der Waals surface area contributed by atoms with Crippen molar-refractivity contribution in [3.8, 4) is 5.75 Å². The zero-order chi connectivity index (χ0) is 21.6. The maximum Gasteiger partial charge on any atom is 0.261 e. The first-order valence-corrected chi connectivity index (χ1v) is 11.7. The van der Waals surface area contributed by atoms with Gasteiger partial charge in [0.2, 0.25) is 5.91 Å². The molecule has 2 N–H and O–H groups in total. The topological polar surface area (TPSA) is 84.5 Å². The highest BCUT2D eigenvalue weighted by Crippen LogP contribution is 2.27. The Labute approximate surface area is 184 Å². The number of methoxy groups -OCH3 is 1. The van der Waals surface area contributed by atoms with Gasteiger partial charge in [-0.3, -0.25) is 9.52 Å². The fourth-order valence-corrected chi connectivity index (χ4v) is 4.56. The van der Waals surface area contributed by atoms with Gasteiger partial charge in [0, 0.05) is 16.3 Å². The van der Waals surface area contributed by atoms with Crippen molar-refractivity contribution < 1.29 is 17.9 Å². The van der Waals surface area contributed by atoms with Crippen LogP contribution in [0.5, 0.6) is 5.75 Å². The Morgan fingerprint density at radius 3 is 2.30 bits per heavy atom. The number of halogens is 1. The highest BCUT2D eigenvalue weighted by Gasteiger charge is 2.13. The van der Waals surface area contributed by atoms with Crippen molar-refractivity contribution in [1.29, 1.82) is 0 Å². The molecule has 3 rings (SSSR count). The van der Waals surface area contributed by atoms with Crippen LogP contribution in [0.3, 0.4) is 0 Å². The molecule has 0 saturated carbocycles. The molecule has 0 saturated heterocycles. The number of ether oxygens (including phenoxy) is 1. The smallest absolute Gasteiger partial charge is 0.261 e. The third-order valence-electron chi connectivity index (χ3n) is 3.97. The van der Waals surface area contributed by atoms with Gasteiger partial charge in [-0.2, -0.15) is 0 Å². The van der Waals surface area contributed by atoms with Crippen molar-refractivity contribution >= 4 is 50.7 Å². The maximum absolute atomic E-state index is 12.4. The minimum atomic E-state index is -3.64. The summed E-state index contributed by atoms with van der Waals surface area (Å²) in [5.41, 5.74) is 1.03. The van der Waals surface area contributed by atoms with Crippen molar-refractivity contribution in [2.75, 3.05) is 22.9 Å². The summed E-state index contributed by atoms with van der Waals surface area (Å²) in [6.07, 6.45) is 0. The maximum atomic E-state index is 12.4. The van der Waals surface area contributed by atoms with Crippen LogP contribution >= 0.6 is 23.4 Å². The molecule has 1 amide bonds. The summed E-state index contributed by atoms with van der Waals surface area (Å²) >= 11 is 7.39. The molecule has 0 aromatic heterocycles. The van der Waals surface area contributed by atoms with Crippen molar-refractivity contribution in [2.45, 2.75) is 9.79 Å². The third kappa shape index (κ3) is 5.91. The summed E-state index contributed by atoms with van der Waals surface area (Å²) in [4.78, 5) is 13.2. The lowest BCUT2D eigenvalue weighted by atomic mass is 10.3. The Balaban J connectivity index is 1.54. The average molecular weight is 463 g/mol. The van der Waals surface area contributed by atoms with Crippen LogP contribution < -0.4 is 14.8 Å². The van der Waals surface area contributed by atoms with Crippen molar-refractivity contribution in [2.24, 2.45) is 0 Å². The number of benzene rings is 3. The van der Waals surface area contributed by atoms with Crippen LogP contribution in [0.2, 0.25) is 5.02 Å². The second kappa shape index (κ2) is 9.88. The molecule has 0 aliphatic rings. The SMILES string of the molecule is COc1ccc(NC(=O)CSc2ccc(NS(=O)(=O)c3ccccc3)cc2)cc1Cl. The lowest BCUT2D eigenvalue weighted by Crippen LogP contribution is -2.14. The average Bonchev–Trinajstić information content (AvgIpc) is 2.74. The number of hydrogen-bond donors (Lipinski definition) is 2. The van der Waals surface area contributed by atoms with Crippen LogP contribution in [0.1, 0.15) is 0 Å². The zero-order valence-electron chi connectivity index (χ0n) is 16.0. The number of sulfonamides is 1. The van der Waals surface area contributed by atoms with Gasteiger partial charge < -0.3 is 10.1 Å². The van der Waals surface area contributed by atoms with E-state index in [4.69, 9.17) is 16.3 Å². The number of hydrogen-bond acceptors (Lipinski definition) is 5. The molecule has 0 aliphatic carbocycles. The molecule has 9 heteroatoms. The Morgan fingerprint density at radius 1 is 1.00 bits per heavy atom. The van der Waals surface area contributed by atoms with Crippen molar-refractivity contribution in [3.05, 3.63) is 77.8 Å². The number of carbonyl (C=O) groups is 1. The molecule has 6 nitrogen and oxygen atoms in total. The van der Waals surface area contributed by atoms with E-state index >= 15 is 0 Å². The Bertz CT molecular complexity index is 1120. The predicted octanol–water partition coefficient (Wildman–Crippen LogP) is 4.88. The first-order valence-electron chi connectivity index (χ1n) is 8.81. The van der Waals surface area contributed by atoms with Crippen LogP contribution in [0, 0.1) is 0 Å². The van der Waals surface area contributed by atoms with E-state index < -0.39 is 10.0 Å². The Hall–Kier alpha value is -2.68. The number of anilines is 2. The van der Waals surface area contributed by atoms with E-state index in [9.17, 15) is 13.2 Å². The number of amides is 1. The van der Waals surface area contributed by atoms with Crippen LogP contribution in [0.15, 0.2) is 82.6 Å². The second-order valence-corrected chi connectivity index (χ2v) is 9.27. The quantitative estimate of drug-likeness (QED) is 0.466. The van der Waals surface area contributed by atoms with E-state index in [1.54, 1.807) is 60.7 Å². The van der Waals surface area contributed by atoms with Gasteiger partial charge >= 0.3 is 0 Å². The lowest BCUT2D eigenvalue weighted by Gasteiger charge is -2.09. The second-order valence-electron chi connectivity index (χ2n) is 6.13. The summed E-state index contributed by atoms with van der Waals surface area (Å²) < 4.78 is 32.3. The minimum absolute atomic E-state index is 0.185. The first kappa shape index (κ1) is 22.0. The van der Waals surface area contributed by atoms with E-state index in [0.717, 1.165) is 4.90 Å². The molecule has 3 aromatic carbocycles. The van der Waals surface area contributed by atoms with Crippen molar-refractivity contribution in [3.63, 3.8) is 0 Å². The first-order chi connectivity index (χ1) is 14.4. The Morgan fingerprint density at radius 2 is 1.67 bits per heavy atom. The fourth-order valence-electron chi connectivity index (χ4n) is 2.52. The Kier molecular flexibility index (Phi) is 7.25. The summed E-state index contributed by atoms with van der Waals surface area (Å²) in [6, 6.07) is 20.0. The third-order valence-corrected chi connectivity index (χ3v) is 6.67. The highest BCUT2D eigenvalue weighted by atomic mass is 35.5. The van der Waals surface area contributed by atoms with Crippen LogP contribution in [0.4, 0.5) is 11.4 Å². The molecule has 3 aromatic rings. The van der Waals surface area contributed by atoms with Crippen molar-refractivity contribution in [1.82, 2.24) is 0 Å². The lowest BCUT2D eigenvalue weighted by molar-refractivity contribution is -0.113. The van der Waals surface area contributed by atoms with Gasteiger partial charge in [-0.15, -0.1) is 11.8 Å². The number of rotatable bonds is 8. The van der Waals surface area contributed by atoms with E-state index in [-0.39, 0.29) is 16.6 Å². The molecular formula is C21H19ClN2O4S2. The molecule has 30 heavy (non-hydrogen) atoms. The van der Waals surface area contributed by atoms with Gasteiger partial charge in [0.25, 0.3) is 10.0 Å². The monoisotopic (exact) mass is 462 g/mol. The number of thioether (sulfide) groups is 1. The van der Waals surface area contributed by atoms with Crippen LogP contribution in [0.25, 0.3) is 0 Å². The standard InChI is InChI=1S/C21H19ClN2O4S2/c1-28-20-12-9-16(13-19(20)22)23-21(25)14-29-17-10-7-15(8-11-17)24-30(26,27)18-5-3-2-4-6-18/h2-13,24H,14H2,1H3,(H,23,25). The van der Waals surface area contributed by atoms with Crippen LogP contribution in [-0.2, 0) is 14.8 Å². The molecular weight excluding hydrogens is 444 g/mol. The number of nitrogens with one attached hydrogen (secondary N) is 2. The van der Waals surface area contributed by atoms with Gasteiger partial charge in [0.1, 0.15) is 5.75 Å².